The van der Waals surface area contributed by atoms with Crippen LogP contribution in [-0.4, -0.2) is 29.7 Å². The molecule has 0 saturated carbocycles. The fourth-order valence-corrected chi connectivity index (χ4v) is 2.39. The molecule has 2 atom stereocenters. The summed E-state index contributed by atoms with van der Waals surface area (Å²) in [7, 11) is 0. The zero-order valence-electron chi connectivity index (χ0n) is 13.7. The number of carbonyl (C=O) groups is 1. The van der Waals surface area contributed by atoms with Gasteiger partial charge in [0.2, 0.25) is 5.91 Å². The van der Waals surface area contributed by atoms with Gasteiger partial charge in [-0.05, 0) is 43.2 Å². The molecule has 24 heavy (non-hydrogen) atoms. The maximum absolute atomic E-state index is 12.8. The molecule has 2 rings (SSSR count). The molecule has 0 aliphatic heterocycles. The van der Waals surface area contributed by atoms with Gasteiger partial charge in [0.05, 0.1) is 6.10 Å². The summed E-state index contributed by atoms with van der Waals surface area (Å²) < 4.78 is 12.8. The van der Waals surface area contributed by atoms with Crippen LogP contribution >= 0.6 is 0 Å². The van der Waals surface area contributed by atoms with Crippen molar-refractivity contribution >= 4 is 11.6 Å². The number of aliphatic hydroxyl groups is 1. The van der Waals surface area contributed by atoms with E-state index in [9.17, 15) is 14.3 Å². The summed E-state index contributed by atoms with van der Waals surface area (Å²) in [4.78, 5) is 11.9. The minimum absolute atomic E-state index is 0.0733. The van der Waals surface area contributed by atoms with Gasteiger partial charge in [-0.2, -0.15) is 0 Å². The van der Waals surface area contributed by atoms with E-state index in [2.05, 4.69) is 10.6 Å². The van der Waals surface area contributed by atoms with Crippen molar-refractivity contribution in [3.8, 4) is 0 Å². The van der Waals surface area contributed by atoms with E-state index in [-0.39, 0.29) is 24.2 Å². The van der Waals surface area contributed by atoms with Crippen LogP contribution in [0.2, 0.25) is 0 Å². The summed E-state index contributed by atoms with van der Waals surface area (Å²) >= 11 is 0. The van der Waals surface area contributed by atoms with E-state index in [4.69, 9.17) is 0 Å². The molecule has 5 heteroatoms. The van der Waals surface area contributed by atoms with Crippen LogP contribution in [0.5, 0.6) is 0 Å². The molecule has 0 fully saturated rings. The lowest BCUT2D eigenvalue weighted by Crippen LogP contribution is -2.36. The molecule has 0 spiro atoms. The highest BCUT2D eigenvalue weighted by Crippen LogP contribution is 2.09. The predicted molar refractivity (Wildman–Crippen MR) is 93.3 cm³/mol. The lowest BCUT2D eigenvalue weighted by atomic mass is 10.1. The lowest BCUT2D eigenvalue weighted by Gasteiger charge is -2.17. The number of rotatable bonds is 8. The highest BCUT2D eigenvalue weighted by Gasteiger charge is 2.12. The number of amides is 1. The van der Waals surface area contributed by atoms with Gasteiger partial charge >= 0.3 is 0 Å². The predicted octanol–water partition coefficient (Wildman–Crippen LogP) is 2.74. The first kappa shape index (κ1) is 18.1. The van der Waals surface area contributed by atoms with Crippen LogP contribution in [0.15, 0.2) is 54.6 Å². The summed E-state index contributed by atoms with van der Waals surface area (Å²) in [6.45, 7) is 2.30. The molecule has 2 unspecified atom stereocenters. The van der Waals surface area contributed by atoms with Gasteiger partial charge in [-0.3, -0.25) is 4.79 Å². The zero-order chi connectivity index (χ0) is 17.4. The van der Waals surface area contributed by atoms with Crippen molar-refractivity contribution in [1.29, 1.82) is 0 Å². The van der Waals surface area contributed by atoms with Crippen LogP contribution in [0.1, 0.15) is 18.9 Å². The van der Waals surface area contributed by atoms with E-state index in [1.807, 2.05) is 37.3 Å². The molecule has 0 saturated heterocycles. The number of aliphatic hydroxyl groups excluding tert-OH is 1. The van der Waals surface area contributed by atoms with E-state index in [0.717, 1.165) is 5.56 Å². The normalized spacial score (nSPS) is 13.3. The number of nitrogens with one attached hydrogen (secondary N) is 2. The summed E-state index contributed by atoms with van der Waals surface area (Å²) in [6.07, 6.45) is 0.340. The van der Waals surface area contributed by atoms with Crippen molar-refractivity contribution < 1.29 is 14.3 Å². The fourth-order valence-electron chi connectivity index (χ4n) is 2.39. The SMILES string of the molecule is CC(CC(=O)Nc1ccc(F)cc1)NCC(O)Cc1ccccc1. The second-order valence-electron chi connectivity index (χ2n) is 5.91. The first-order valence-electron chi connectivity index (χ1n) is 8.03. The van der Waals surface area contributed by atoms with Crippen LogP contribution in [0, 0.1) is 5.82 Å². The molecule has 3 N–H and O–H groups in total. The molecule has 0 aliphatic carbocycles. The molecule has 128 valence electrons. The second kappa shape index (κ2) is 9.15. The summed E-state index contributed by atoms with van der Waals surface area (Å²) in [5.74, 6) is -0.491. The van der Waals surface area contributed by atoms with E-state index >= 15 is 0 Å². The molecule has 0 aromatic heterocycles. The molecule has 0 heterocycles. The lowest BCUT2D eigenvalue weighted by molar-refractivity contribution is -0.116. The summed E-state index contributed by atoms with van der Waals surface area (Å²) in [5.41, 5.74) is 1.64. The minimum Gasteiger partial charge on any atom is -0.391 e. The van der Waals surface area contributed by atoms with Crippen LogP contribution < -0.4 is 10.6 Å². The Morgan fingerprint density at radius 2 is 1.79 bits per heavy atom. The van der Waals surface area contributed by atoms with Crippen molar-refractivity contribution in [2.45, 2.75) is 31.9 Å². The second-order valence-corrected chi connectivity index (χ2v) is 5.91. The molecule has 0 bridgehead atoms. The Balaban J connectivity index is 1.69. The zero-order valence-corrected chi connectivity index (χ0v) is 13.7. The summed E-state index contributed by atoms with van der Waals surface area (Å²) in [6, 6.07) is 15.4. The van der Waals surface area contributed by atoms with Crippen molar-refractivity contribution in [2.75, 3.05) is 11.9 Å². The fraction of sp³-hybridized carbons (Fsp3) is 0.316. The Morgan fingerprint density at radius 3 is 2.46 bits per heavy atom. The third-order valence-corrected chi connectivity index (χ3v) is 3.64. The number of carbonyl (C=O) groups excluding carboxylic acids is 1. The maximum Gasteiger partial charge on any atom is 0.225 e. The largest absolute Gasteiger partial charge is 0.391 e. The van der Waals surface area contributed by atoms with Crippen LogP contribution in [0.3, 0.4) is 0 Å². The highest BCUT2D eigenvalue weighted by atomic mass is 19.1. The van der Waals surface area contributed by atoms with Crippen LogP contribution in [-0.2, 0) is 11.2 Å². The van der Waals surface area contributed by atoms with Gasteiger partial charge < -0.3 is 15.7 Å². The number of hydrogen-bond acceptors (Lipinski definition) is 3. The topological polar surface area (TPSA) is 61.4 Å². The van der Waals surface area contributed by atoms with Crippen LogP contribution in [0.4, 0.5) is 10.1 Å². The van der Waals surface area contributed by atoms with Gasteiger partial charge in [0.1, 0.15) is 5.82 Å². The van der Waals surface area contributed by atoms with Crippen molar-refractivity contribution in [3.05, 3.63) is 66.0 Å². The standard InChI is InChI=1S/C19H23FN2O2/c1-14(11-19(24)22-17-9-7-16(20)8-10-17)21-13-18(23)12-15-5-3-2-4-6-15/h2-10,14,18,21,23H,11-13H2,1H3,(H,22,24). The minimum atomic E-state index is -0.505. The van der Waals surface area contributed by atoms with Gasteiger partial charge in [-0.15, -0.1) is 0 Å². The van der Waals surface area contributed by atoms with Crippen LogP contribution in [0.25, 0.3) is 0 Å². The molecule has 1 amide bonds. The number of hydrogen-bond donors (Lipinski definition) is 3. The molecule has 2 aromatic rings. The van der Waals surface area contributed by atoms with Gasteiger partial charge in [-0.25, -0.2) is 4.39 Å². The number of benzene rings is 2. The molecular weight excluding hydrogens is 307 g/mol. The summed E-state index contributed by atoms with van der Waals surface area (Å²) in [5, 5.41) is 15.9. The Labute approximate surface area is 141 Å². The highest BCUT2D eigenvalue weighted by molar-refractivity contribution is 5.91. The molecule has 0 radical (unpaired) electrons. The van der Waals surface area contributed by atoms with Crippen molar-refractivity contribution in [1.82, 2.24) is 5.32 Å². The Kier molecular flexibility index (Phi) is 6.90. The smallest absolute Gasteiger partial charge is 0.225 e. The monoisotopic (exact) mass is 330 g/mol. The maximum atomic E-state index is 12.8. The number of halogens is 1. The first-order valence-corrected chi connectivity index (χ1v) is 8.03. The van der Waals surface area contributed by atoms with Gasteiger partial charge in [0.15, 0.2) is 0 Å². The van der Waals surface area contributed by atoms with Gasteiger partial charge in [0.25, 0.3) is 0 Å². The molecular formula is C19H23FN2O2. The Morgan fingerprint density at radius 1 is 1.12 bits per heavy atom. The Hall–Kier alpha value is -2.24. The Bertz CT molecular complexity index is 632. The first-order chi connectivity index (χ1) is 11.5. The average Bonchev–Trinajstić information content (AvgIpc) is 2.56. The molecule has 4 nitrogen and oxygen atoms in total. The van der Waals surface area contributed by atoms with Gasteiger partial charge in [-0.1, -0.05) is 30.3 Å². The number of anilines is 1. The van der Waals surface area contributed by atoms with Crippen molar-refractivity contribution in [2.24, 2.45) is 0 Å². The van der Waals surface area contributed by atoms with E-state index in [0.29, 0.717) is 18.7 Å². The van der Waals surface area contributed by atoms with E-state index in [1.165, 1.54) is 24.3 Å². The van der Waals surface area contributed by atoms with E-state index in [1.54, 1.807) is 0 Å². The van der Waals surface area contributed by atoms with Gasteiger partial charge in [0, 0.05) is 24.7 Å². The molecule has 0 aliphatic rings. The third kappa shape index (κ3) is 6.48. The van der Waals surface area contributed by atoms with E-state index < -0.39 is 6.10 Å². The molecule has 2 aromatic carbocycles. The quantitative estimate of drug-likeness (QED) is 0.697. The average molecular weight is 330 g/mol. The van der Waals surface area contributed by atoms with Crippen molar-refractivity contribution in [3.63, 3.8) is 0 Å². The third-order valence-electron chi connectivity index (χ3n) is 3.64.